The van der Waals surface area contributed by atoms with Crippen LogP contribution in [-0.4, -0.2) is 44.2 Å². The van der Waals surface area contributed by atoms with Crippen molar-refractivity contribution >= 4 is 27.5 Å². The van der Waals surface area contributed by atoms with E-state index in [-0.39, 0.29) is 23.3 Å². The molecule has 2 aromatic rings. The molecule has 1 N–H and O–H groups in total. The number of hydrogen-bond acceptors (Lipinski definition) is 4. The van der Waals surface area contributed by atoms with Crippen LogP contribution in [0.3, 0.4) is 0 Å². The minimum Gasteiger partial charge on any atom is -0.350 e. The van der Waals surface area contributed by atoms with Crippen molar-refractivity contribution in [2.75, 3.05) is 24.5 Å². The Morgan fingerprint density at radius 2 is 1.79 bits per heavy atom. The van der Waals surface area contributed by atoms with Gasteiger partial charge in [-0.05, 0) is 60.9 Å². The molecule has 0 saturated carbocycles. The van der Waals surface area contributed by atoms with Crippen LogP contribution in [0.5, 0.6) is 0 Å². The van der Waals surface area contributed by atoms with E-state index in [2.05, 4.69) is 12.2 Å². The van der Waals surface area contributed by atoms with Gasteiger partial charge in [0.15, 0.2) is 0 Å². The number of rotatable bonds is 6. The number of sulfonamides is 1. The van der Waals surface area contributed by atoms with Crippen molar-refractivity contribution in [2.45, 2.75) is 50.5 Å². The third-order valence-electron chi connectivity index (χ3n) is 6.49. The van der Waals surface area contributed by atoms with Gasteiger partial charge in [-0.25, -0.2) is 8.42 Å². The summed E-state index contributed by atoms with van der Waals surface area (Å²) in [5.41, 5.74) is 2.40. The highest BCUT2D eigenvalue weighted by molar-refractivity contribution is 7.89. The van der Waals surface area contributed by atoms with E-state index < -0.39 is 10.0 Å². The maximum atomic E-state index is 13.2. The van der Waals surface area contributed by atoms with Crippen LogP contribution < -0.4 is 10.2 Å². The average molecular weight is 470 g/mol. The lowest BCUT2D eigenvalue weighted by Crippen LogP contribution is -2.40. The van der Waals surface area contributed by atoms with E-state index in [1.807, 2.05) is 30.3 Å². The van der Waals surface area contributed by atoms with E-state index in [9.17, 15) is 18.0 Å². The summed E-state index contributed by atoms with van der Waals surface area (Å²) in [4.78, 5) is 27.1. The highest BCUT2D eigenvalue weighted by Gasteiger charge is 2.30. The quantitative estimate of drug-likeness (QED) is 0.704. The molecule has 0 aliphatic carbocycles. The van der Waals surface area contributed by atoms with Crippen molar-refractivity contribution in [1.29, 1.82) is 0 Å². The molecule has 0 atom stereocenters. The van der Waals surface area contributed by atoms with E-state index >= 15 is 0 Å². The lowest BCUT2D eigenvalue weighted by atomic mass is 10.0. The van der Waals surface area contributed by atoms with Gasteiger partial charge in [0.05, 0.1) is 4.90 Å². The molecule has 2 aromatic carbocycles. The summed E-state index contributed by atoms with van der Waals surface area (Å²) in [7, 11) is -3.57. The van der Waals surface area contributed by atoms with Gasteiger partial charge in [-0.3, -0.25) is 9.59 Å². The van der Waals surface area contributed by atoms with Crippen molar-refractivity contribution in [2.24, 2.45) is 5.92 Å². The second-order valence-corrected chi connectivity index (χ2v) is 10.9. The number of nitrogens with zero attached hydrogens (tertiary/aromatic N) is 2. The van der Waals surface area contributed by atoms with Crippen molar-refractivity contribution in [3.8, 4) is 0 Å². The number of aryl methyl sites for hydroxylation is 1. The summed E-state index contributed by atoms with van der Waals surface area (Å²) in [5, 5.41) is 2.86. The molecule has 0 radical (unpaired) electrons. The molecule has 2 aliphatic heterocycles. The summed E-state index contributed by atoms with van der Waals surface area (Å²) in [5.74, 6) is 0.166. The minimum absolute atomic E-state index is 0.0885. The number of amides is 2. The van der Waals surface area contributed by atoms with Crippen LogP contribution in [0.2, 0.25) is 0 Å². The molecular weight excluding hydrogens is 438 g/mol. The van der Waals surface area contributed by atoms with Crippen LogP contribution in [0.15, 0.2) is 53.4 Å². The fourth-order valence-electron chi connectivity index (χ4n) is 4.43. The van der Waals surface area contributed by atoms with Crippen molar-refractivity contribution < 1.29 is 18.0 Å². The highest BCUT2D eigenvalue weighted by atomic mass is 32.2. The molecule has 1 fully saturated rings. The molecule has 8 heteroatoms. The minimum atomic E-state index is -3.57. The zero-order valence-corrected chi connectivity index (χ0v) is 19.8. The molecule has 2 heterocycles. The van der Waals surface area contributed by atoms with Crippen molar-refractivity contribution in [3.05, 3.63) is 59.7 Å². The maximum absolute atomic E-state index is 13.2. The Kier molecular flexibility index (Phi) is 7.14. The van der Waals surface area contributed by atoms with E-state index in [1.165, 1.54) is 4.90 Å². The Balaban J connectivity index is 1.51. The fraction of sp³-hybridized carbons (Fsp3) is 0.440. The lowest BCUT2D eigenvalue weighted by Gasteiger charge is -2.30. The van der Waals surface area contributed by atoms with E-state index in [1.54, 1.807) is 22.5 Å². The molecule has 0 spiro atoms. The number of hydrogen-bond donors (Lipinski definition) is 1. The summed E-state index contributed by atoms with van der Waals surface area (Å²) >= 11 is 0. The molecule has 2 aliphatic rings. The van der Waals surface area contributed by atoms with E-state index in [0.29, 0.717) is 50.5 Å². The molecular formula is C25H31N3O4S. The molecule has 1 saturated heterocycles. The molecule has 0 bridgehead atoms. The molecule has 0 unspecified atom stereocenters. The van der Waals surface area contributed by atoms with Crippen LogP contribution in [0, 0.1) is 5.92 Å². The predicted octanol–water partition coefficient (Wildman–Crippen LogP) is 3.09. The first-order valence-electron chi connectivity index (χ1n) is 11.6. The molecule has 33 heavy (non-hydrogen) atoms. The molecule has 176 valence electrons. The van der Waals surface area contributed by atoms with Gasteiger partial charge < -0.3 is 10.2 Å². The largest absolute Gasteiger partial charge is 0.350 e. The van der Waals surface area contributed by atoms with Gasteiger partial charge in [0.1, 0.15) is 6.54 Å². The first kappa shape index (κ1) is 23.4. The molecule has 2 amide bonds. The number of benzene rings is 2. The van der Waals surface area contributed by atoms with Gasteiger partial charge in [0.25, 0.3) is 0 Å². The van der Waals surface area contributed by atoms with Gasteiger partial charge in [-0.15, -0.1) is 0 Å². The predicted molar refractivity (Wildman–Crippen MR) is 127 cm³/mol. The Bertz CT molecular complexity index is 1110. The highest BCUT2D eigenvalue weighted by Crippen LogP contribution is 2.31. The van der Waals surface area contributed by atoms with Crippen LogP contribution in [0.4, 0.5) is 5.69 Å². The maximum Gasteiger partial charge on any atom is 0.243 e. The van der Waals surface area contributed by atoms with Crippen LogP contribution in [-0.2, 0) is 32.6 Å². The van der Waals surface area contributed by atoms with Crippen LogP contribution in [0.1, 0.15) is 43.7 Å². The Hall–Kier alpha value is -2.71. The van der Waals surface area contributed by atoms with Gasteiger partial charge in [-0.1, -0.05) is 37.3 Å². The van der Waals surface area contributed by atoms with E-state index in [0.717, 1.165) is 24.0 Å². The summed E-state index contributed by atoms with van der Waals surface area (Å²) < 4.78 is 27.9. The summed E-state index contributed by atoms with van der Waals surface area (Å²) in [6.45, 7) is 3.52. The molecule has 4 rings (SSSR count). The first-order valence-corrected chi connectivity index (χ1v) is 13.0. The second-order valence-electron chi connectivity index (χ2n) is 8.97. The number of fused-ring (bicyclic) bond motifs is 1. The number of piperidine rings is 1. The number of carbonyl (C=O) groups excluding carboxylic acids is 2. The smallest absolute Gasteiger partial charge is 0.243 e. The Morgan fingerprint density at radius 1 is 1.06 bits per heavy atom. The topological polar surface area (TPSA) is 86.8 Å². The van der Waals surface area contributed by atoms with Crippen molar-refractivity contribution in [1.82, 2.24) is 9.62 Å². The Labute approximate surface area is 195 Å². The first-order chi connectivity index (χ1) is 15.8. The second kappa shape index (κ2) is 10.1. The zero-order valence-electron chi connectivity index (χ0n) is 19.0. The van der Waals surface area contributed by atoms with Crippen molar-refractivity contribution in [3.63, 3.8) is 0 Å². The van der Waals surface area contributed by atoms with E-state index in [4.69, 9.17) is 0 Å². The zero-order chi connectivity index (χ0) is 23.4. The lowest BCUT2D eigenvalue weighted by molar-refractivity contribution is -0.123. The van der Waals surface area contributed by atoms with Gasteiger partial charge in [0.2, 0.25) is 21.8 Å². The number of nitrogens with one attached hydrogen (secondary N) is 1. The summed E-state index contributed by atoms with van der Waals surface area (Å²) in [6.07, 6.45) is 3.28. The molecule has 0 aromatic heterocycles. The molecule has 7 nitrogen and oxygen atoms in total. The SMILES string of the molecule is CC1CCN(S(=O)(=O)c2ccc3c(c2)CCCC(=O)N3CC(=O)NCc2ccccc2)CC1. The van der Waals surface area contributed by atoms with Gasteiger partial charge in [-0.2, -0.15) is 4.31 Å². The summed E-state index contributed by atoms with van der Waals surface area (Å²) in [6, 6.07) is 14.5. The monoisotopic (exact) mass is 469 g/mol. The third-order valence-corrected chi connectivity index (χ3v) is 8.39. The normalized spacial score (nSPS) is 18.0. The van der Waals surface area contributed by atoms with Crippen LogP contribution >= 0.6 is 0 Å². The average Bonchev–Trinajstić information content (AvgIpc) is 2.97. The standard InChI is InChI=1S/C25H31N3O4S/c1-19-12-14-27(15-13-19)33(31,32)22-10-11-23-21(16-22)8-5-9-25(30)28(23)18-24(29)26-17-20-6-3-2-4-7-20/h2-4,6-7,10-11,16,19H,5,8-9,12-15,17-18H2,1H3,(H,26,29). The number of anilines is 1. The van der Waals surface area contributed by atoms with Crippen LogP contribution in [0.25, 0.3) is 0 Å². The number of carbonyl (C=O) groups is 2. The third kappa shape index (κ3) is 5.45. The van der Waals surface area contributed by atoms with Gasteiger partial charge in [0, 0.05) is 31.7 Å². The van der Waals surface area contributed by atoms with Gasteiger partial charge >= 0.3 is 0 Å². The fourth-order valence-corrected chi connectivity index (χ4v) is 5.95. The Morgan fingerprint density at radius 3 is 2.52 bits per heavy atom.